The largest absolute Gasteiger partial charge is 0.320 e. The molecule has 2 aromatic carbocycles. The smallest absolute Gasteiger partial charge is 0.292 e. The number of para-hydroxylation sites is 3. The number of benzene rings is 2. The van der Waals surface area contributed by atoms with Gasteiger partial charge in [0.25, 0.3) is 5.69 Å². The molecule has 0 radical (unpaired) electrons. The van der Waals surface area contributed by atoms with Gasteiger partial charge in [-0.2, -0.15) is 4.99 Å². The highest BCUT2D eigenvalue weighted by molar-refractivity contribution is 8.15. The summed E-state index contributed by atoms with van der Waals surface area (Å²) in [7, 11) is 0. The van der Waals surface area contributed by atoms with Gasteiger partial charge >= 0.3 is 0 Å². The minimum Gasteiger partial charge on any atom is -0.320 e. The number of nitrogens with one attached hydrogen (secondary N) is 1. The van der Waals surface area contributed by atoms with E-state index in [0.29, 0.717) is 10.3 Å². The van der Waals surface area contributed by atoms with Crippen LogP contribution in [-0.2, 0) is 9.59 Å². The molecule has 2 heterocycles. The van der Waals surface area contributed by atoms with E-state index in [2.05, 4.69) is 21.9 Å². The van der Waals surface area contributed by atoms with Crippen molar-refractivity contribution in [1.82, 2.24) is 9.88 Å². The van der Waals surface area contributed by atoms with Crippen molar-refractivity contribution in [3.05, 3.63) is 71.3 Å². The lowest BCUT2D eigenvalue weighted by Gasteiger charge is -2.13. The van der Waals surface area contributed by atoms with E-state index >= 15 is 0 Å². The number of nitrogens with zero attached hydrogens (tertiary/aromatic N) is 4. The minimum atomic E-state index is -0.703. The lowest BCUT2D eigenvalue weighted by atomic mass is 10.2. The molecule has 4 rings (SSSR count). The van der Waals surface area contributed by atoms with Crippen molar-refractivity contribution in [2.75, 3.05) is 11.9 Å². The van der Waals surface area contributed by atoms with E-state index in [1.165, 1.54) is 46.2 Å². The molecule has 0 aliphatic carbocycles. The minimum absolute atomic E-state index is 0.0873. The first-order valence-electron chi connectivity index (χ1n) is 9.52. The quantitative estimate of drug-likeness (QED) is 0.314. The number of hydrogen-bond donors (Lipinski definition) is 1. The lowest BCUT2D eigenvalue weighted by Crippen LogP contribution is -2.33. The molecule has 3 aromatic rings. The number of carbonyl (C=O) groups excluding carboxylic acids is 2. The Morgan fingerprint density at radius 2 is 2.03 bits per heavy atom. The van der Waals surface area contributed by atoms with Crippen molar-refractivity contribution in [2.24, 2.45) is 4.99 Å². The van der Waals surface area contributed by atoms with Gasteiger partial charge < -0.3 is 5.32 Å². The third-order valence-electron chi connectivity index (χ3n) is 4.55. The van der Waals surface area contributed by atoms with Crippen LogP contribution in [0.15, 0.2) is 66.2 Å². The molecule has 0 saturated carbocycles. The van der Waals surface area contributed by atoms with Crippen LogP contribution in [0.25, 0.3) is 10.2 Å². The van der Waals surface area contributed by atoms with E-state index in [0.717, 1.165) is 10.2 Å². The number of aromatic nitrogens is 1. The number of aliphatic imine (C=N–C) groups is 1. The summed E-state index contributed by atoms with van der Waals surface area (Å²) in [4.78, 5) is 46.5. The summed E-state index contributed by atoms with van der Waals surface area (Å²) in [6.07, 6.45) is 1.43. The summed E-state index contributed by atoms with van der Waals surface area (Å²) in [5.41, 5.74) is 0.698. The molecule has 1 N–H and O–H groups in total. The summed E-state index contributed by atoms with van der Waals surface area (Å²) in [6.45, 7) is 3.94. The van der Waals surface area contributed by atoms with Gasteiger partial charge in [-0.05, 0) is 18.2 Å². The molecule has 1 aliphatic rings. The number of amides is 2. The van der Waals surface area contributed by atoms with E-state index in [1.807, 2.05) is 24.3 Å². The normalized spacial score (nSPS) is 17.1. The standard InChI is InChI=1S/C21H17N5O4S2/c1-2-11-25-19(28)17(12-18(27)22-13-7-3-5-9-15(13)26(29)30)32-21(25)24-20-23-14-8-4-6-10-16(14)31-20/h2-10,17H,1,11-12H2,(H,22,27)/b24-21+. The third kappa shape index (κ3) is 4.53. The van der Waals surface area contributed by atoms with Gasteiger partial charge in [0.05, 0.1) is 15.1 Å². The zero-order chi connectivity index (χ0) is 22.7. The number of anilines is 1. The van der Waals surface area contributed by atoms with Gasteiger partial charge in [0.1, 0.15) is 10.9 Å². The van der Waals surface area contributed by atoms with Crippen LogP contribution >= 0.6 is 23.1 Å². The van der Waals surface area contributed by atoms with Crippen molar-refractivity contribution in [1.29, 1.82) is 0 Å². The number of nitro benzene ring substituents is 1. The van der Waals surface area contributed by atoms with Crippen molar-refractivity contribution < 1.29 is 14.5 Å². The second kappa shape index (κ2) is 9.28. The zero-order valence-electron chi connectivity index (χ0n) is 16.6. The van der Waals surface area contributed by atoms with Gasteiger partial charge in [-0.15, -0.1) is 6.58 Å². The number of hydrogen-bond acceptors (Lipinski definition) is 8. The predicted octanol–water partition coefficient (Wildman–Crippen LogP) is 4.35. The zero-order valence-corrected chi connectivity index (χ0v) is 18.3. The SMILES string of the molecule is C=CCN1C(=O)C(CC(=O)Nc2ccccc2[N+](=O)[O-])S/C1=N/c1nc2ccccc2s1. The summed E-state index contributed by atoms with van der Waals surface area (Å²) >= 11 is 2.58. The number of carbonyl (C=O) groups is 2. The molecule has 1 aromatic heterocycles. The van der Waals surface area contributed by atoms with Crippen molar-refractivity contribution in [3.8, 4) is 0 Å². The fraction of sp³-hybridized carbons (Fsp3) is 0.143. The van der Waals surface area contributed by atoms with Gasteiger partial charge in [0.15, 0.2) is 5.17 Å². The third-order valence-corrected chi connectivity index (χ3v) is 6.66. The number of thiazole rings is 1. The Kier molecular flexibility index (Phi) is 6.28. The van der Waals surface area contributed by atoms with Gasteiger partial charge in [-0.25, -0.2) is 4.98 Å². The topological polar surface area (TPSA) is 118 Å². The Bertz CT molecular complexity index is 1220. The summed E-state index contributed by atoms with van der Waals surface area (Å²) in [5.74, 6) is -0.766. The molecule has 32 heavy (non-hydrogen) atoms. The van der Waals surface area contributed by atoms with E-state index in [1.54, 1.807) is 12.1 Å². The van der Waals surface area contributed by atoms with E-state index in [9.17, 15) is 19.7 Å². The van der Waals surface area contributed by atoms with Crippen LogP contribution in [0.1, 0.15) is 6.42 Å². The Morgan fingerprint density at radius 1 is 1.28 bits per heavy atom. The van der Waals surface area contributed by atoms with Crippen LogP contribution in [0, 0.1) is 10.1 Å². The number of thioether (sulfide) groups is 1. The maximum Gasteiger partial charge on any atom is 0.292 e. The molecule has 1 fully saturated rings. The number of rotatable bonds is 7. The lowest BCUT2D eigenvalue weighted by molar-refractivity contribution is -0.383. The summed E-state index contributed by atoms with van der Waals surface area (Å²) in [6, 6.07) is 13.5. The van der Waals surface area contributed by atoms with Gasteiger partial charge in [-0.3, -0.25) is 24.6 Å². The van der Waals surface area contributed by atoms with Crippen LogP contribution < -0.4 is 5.32 Å². The highest BCUT2D eigenvalue weighted by atomic mass is 32.2. The average molecular weight is 468 g/mol. The van der Waals surface area contributed by atoms with E-state index in [4.69, 9.17) is 0 Å². The molecule has 0 spiro atoms. The highest BCUT2D eigenvalue weighted by Crippen LogP contribution is 2.34. The van der Waals surface area contributed by atoms with E-state index in [-0.39, 0.29) is 30.2 Å². The van der Waals surface area contributed by atoms with E-state index < -0.39 is 16.1 Å². The van der Waals surface area contributed by atoms with Crippen molar-refractivity contribution in [2.45, 2.75) is 11.7 Å². The summed E-state index contributed by atoms with van der Waals surface area (Å²) < 4.78 is 0.983. The first-order valence-corrected chi connectivity index (χ1v) is 11.2. The van der Waals surface area contributed by atoms with Crippen LogP contribution in [-0.4, -0.2) is 43.6 Å². The first kappa shape index (κ1) is 21.7. The molecule has 1 atom stereocenters. The molecule has 0 bridgehead atoms. The predicted molar refractivity (Wildman–Crippen MR) is 126 cm³/mol. The first-order chi connectivity index (χ1) is 15.5. The Labute approximate surface area is 191 Å². The van der Waals surface area contributed by atoms with Crippen LogP contribution in [0.4, 0.5) is 16.5 Å². The fourth-order valence-electron chi connectivity index (χ4n) is 3.12. The number of amidine groups is 1. The van der Waals surface area contributed by atoms with Crippen molar-refractivity contribution >= 4 is 66.8 Å². The highest BCUT2D eigenvalue weighted by Gasteiger charge is 2.39. The fourth-order valence-corrected chi connectivity index (χ4v) is 5.16. The second-order valence-corrected chi connectivity index (χ2v) is 8.91. The van der Waals surface area contributed by atoms with Gasteiger partial charge in [-0.1, -0.05) is 53.4 Å². The Hall–Kier alpha value is -3.57. The summed E-state index contributed by atoms with van der Waals surface area (Å²) in [5, 5.41) is 13.9. The van der Waals surface area contributed by atoms with Crippen LogP contribution in [0.3, 0.4) is 0 Å². The molecule has 1 aliphatic heterocycles. The number of fused-ring (bicyclic) bond motifs is 1. The molecule has 2 amide bonds. The maximum atomic E-state index is 12.9. The van der Waals surface area contributed by atoms with Gasteiger partial charge in [0.2, 0.25) is 16.9 Å². The molecule has 1 saturated heterocycles. The Balaban J connectivity index is 1.52. The molecule has 1 unspecified atom stereocenters. The molecular formula is C21H17N5O4S2. The molecule has 9 nitrogen and oxygen atoms in total. The van der Waals surface area contributed by atoms with Crippen LogP contribution in [0.2, 0.25) is 0 Å². The van der Waals surface area contributed by atoms with Crippen LogP contribution in [0.5, 0.6) is 0 Å². The molecule has 162 valence electrons. The molecule has 11 heteroatoms. The van der Waals surface area contributed by atoms with Gasteiger partial charge in [0, 0.05) is 19.0 Å². The Morgan fingerprint density at radius 3 is 2.78 bits per heavy atom. The van der Waals surface area contributed by atoms with Crippen molar-refractivity contribution in [3.63, 3.8) is 0 Å². The number of nitro groups is 1. The molecular weight excluding hydrogens is 450 g/mol. The monoisotopic (exact) mass is 467 g/mol. The average Bonchev–Trinajstić information content (AvgIpc) is 3.30. The second-order valence-electron chi connectivity index (χ2n) is 6.73. The maximum absolute atomic E-state index is 12.9.